The SMILES string of the molecule is Cc1cccc(S(=O)(=O)c2ccc(=O)n(CC(=O)Nc3ccc(C)cc3C)n2)c1. The second-order valence-electron chi connectivity index (χ2n) is 6.85. The highest BCUT2D eigenvalue weighted by atomic mass is 32.2. The van der Waals surface area contributed by atoms with Gasteiger partial charge in [0.15, 0.2) is 5.03 Å². The average Bonchev–Trinajstić information content (AvgIpc) is 2.65. The fourth-order valence-electron chi connectivity index (χ4n) is 2.87. The molecule has 0 saturated heterocycles. The van der Waals surface area contributed by atoms with E-state index in [2.05, 4.69) is 10.4 Å². The summed E-state index contributed by atoms with van der Waals surface area (Å²) in [5, 5.41) is 6.36. The first-order chi connectivity index (χ1) is 13.7. The number of aryl methyl sites for hydroxylation is 3. The lowest BCUT2D eigenvalue weighted by atomic mass is 10.1. The van der Waals surface area contributed by atoms with E-state index >= 15 is 0 Å². The van der Waals surface area contributed by atoms with Crippen LogP contribution in [0, 0.1) is 20.8 Å². The van der Waals surface area contributed by atoms with Gasteiger partial charge in [0.1, 0.15) is 6.54 Å². The molecule has 0 unspecified atom stereocenters. The molecule has 3 rings (SSSR count). The molecule has 3 aromatic rings. The number of aromatic nitrogens is 2. The standard InChI is InChI=1S/C21H21N3O4S/c1-14-5-4-6-17(12-14)29(27,28)20-9-10-21(26)24(23-20)13-19(25)22-18-8-7-15(2)11-16(18)3/h4-12H,13H2,1-3H3,(H,22,25). The summed E-state index contributed by atoms with van der Waals surface area (Å²) in [5.41, 5.74) is 2.79. The van der Waals surface area contributed by atoms with Crippen LogP contribution in [0.1, 0.15) is 16.7 Å². The third kappa shape index (κ3) is 4.60. The molecule has 1 N–H and O–H groups in total. The van der Waals surface area contributed by atoms with Crippen LogP contribution in [0.3, 0.4) is 0 Å². The molecule has 1 aromatic heterocycles. The Balaban J connectivity index is 1.87. The van der Waals surface area contributed by atoms with Crippen molar-refractivity contribution < 1.29 is 13.2 Å². The van der Waals surface area contributed by atoms with E-state index in [0.29, 0.717) is 5.69 Å². The molecule has 7 nitrogen and oxygen atoms in total. The van der Waals surface area contributed by atoms with Crippen molar-refractivity contribution in [2.45, 2.75) is 37.2 Å². The largest absolute Gasteiger partial charge is 0.324 e. The van der Waals surface area contributed by atoms with Crippen LogP contribution in [0.25, 0.3) is 0 Å². The summed E-state index contributed by atoms with van der Waals surface area (Å²) in [6.45, 7) is 5.19. The highest BCUT2D eigenvalue weighted by molar-refractivity contribution is 7.91. The Morgan fingerprint density at radius 1 is 1.00 bits per heavy atom. The zero-order chi connectivity index (χ0) is 21.2. The number of nitrogens with one attached hydrogen (secondary N) is 1. The number of hydrogen-bond acceptors (Lipinski definition) is 5. The van der Waals surface area contributed by atoms with Crippen LogP contribution < -0.4 is 10.9 Å². The zero-order valence-corrected chi connectivity index (χ0v) is 17.2. The Kier molecular flexibility index (Phi) is 5.65. The topological polar surface area (TPSA) is 98.1 Å². The van der Waals surface area contributed by atoms with Crippen molar-refractivity contribution in [3.8, 4) is 0 Å². The van der Waals surface area contributed by atoms with Crippen LogP contribution in [0.5, 0.6) is 0 Å². The highest BCUT2D eigenvalue weighted by Crippen LogP contribution is 2.19. The number of carbonyl (C=O) groups excluding carboxylic acids is 1. The van der Waals surface area contributed by atoms with Crippen molar-refractivity contribution in [2.24, 2.45) is 0 Å². The minimum absolute atomic E-state index is 0.0786. The highest BCUT2D eigenvalue weighted by Gasteiger charge is 2.21. The van der Waals surface area contributed by atoms with Gasteiger partial charge >= 0.3 is 0 Å². The number of anilines is 1. The normalized spacial score (nSPS) is 11.3. The van der Waals surface area contributed by atoms with E-state index in [4.69, 9.17) is 0 Å². The summed E-state index contributed by atoms with van der Waals surface area (Å²) < 4.78 is 26.5. The van der Waals surface area contributed by atoms with Gasteiger partial charge in [-0.15, -0.1) is 0 Å². The molecule has 0 aliphatic rings. The second-order valence-corrected chi connectivity index (χ2v) is 8.75. The van der Waals surface area contributed by atoms with Gasteiger partial charge in [0.05, 0.1) is 4.90 Å². The van der Waals surface area contributed by atoms with E-state index in [1.165, 1.54) is 12.1 Å². The summed E-state index contributed by atoms with van der Waals surface area (Å²) in [6.07, 6.45) is 0. The van der Waals surface area contributed by atoms with E-state index in [0.717, 1.165) is 33.5 Å². The predicted molar refractivity (Wildman–Crippen MR) is 110 cm³/mol. The Labute approximate surface area is 168 Å². The first-order valence-electron chi connectivity index (χ1n) is 8.94. The third-order valence-corrected chi connectivity index (χ3v) is 6.01. The minimum Gasteiger partial charge on any atom is -0.324 e. The molecular weight excluding hydrogens is 390 g/mol. The van der Waals surface area contributed by atoms with Crippen molar-refractivity contribution >= 4 is 21.4 Å². The Morgan fingerprint density at radius 2 is 1.72 bits per heavy atom. The predicted octanol–water partition coefficient (Wildman–Crippen LogP) is 2.64. The molecule has 29 heavy (non-hydrogen) atoms. The molecule has 0 aliphatic heterocycles. The maximum absolute atomic E-state index is 12.8. The summed E-state index contributed by atoms with van der Waals surface area (Å²) in [6, 6.07) is 14.2. The van der Waals surface area contributed by atoms with Gasteiger partial charge in [-0.25, -0.2) is 13.1 Å². The lowest BCUT2D eigenvalue weighted by molar-refractivity contribution is -0.117. The van der Waals surface area contributed by atoms with E-state index in [-0.39, 0.29) is 9.92 Å². The molecule has 0 fully saturated rings. The van der Waals surface area contributed by atoms with Gasteiger partial charge in [0.25, 0.3) is 5.56 Å². The van der Waals surface area contributed by atoms with E-state index < -0.39 is 27.8 Å². The van der Waals surface area contributed by atoms with Crippen LogP contribution in [0.4, 0.5) is 5.69 Å². The average molecular weight is 411 g/mol. The summed E-state index contributed by atoms with van der Waals surface area (Å²) in [4.78, 5) is 24.6. The molecule has 8 heteroatoms. The molecule has 0 spiro atoms. The lowest BCUT2D eigenvalue weighted by Crippen LogP contribution is -2.30. The van der Waals surface area contributed by atoms with Gasteiger partial charge in [0.2, 0.25) is 15.7 Å². The molecule has 0 aliphatic carbocycles. The Morgan fingerprint density at radius 3 is 2.41 bits per heavy atom. The molecule has 0 radical (unpaired) electrons. The number of nitrogens with zero attached hydrogens (tertiary/aromatic N) is 2. The lowest BCUT2D eigenvalue weighted by Gasteiger charge is -2.11. The summed E-state index contributed by atoms with van der Waals surface area (Å²) >= 11 is 0. The van der Waals surface area contributed by atoms with Gasteiger partial charge in [-0.1, -0.05) is 29.8 Å². The molecule has 0 bridgehead atoms. The Hall–Kier alpha value is -3.26. The van der Waals surface area contributed by atoms with Crippen LogP contribution in [0.2, 0.25) is 0 Å². The number of carbonyl (C=O) groups is 1. The number of rotatable bonds is 5. The first kappa shape index (κ1) is 20.5. The van der Waals surface area contributed by atoms with E-state index in [1.54, 1.807) is 25.1 Å². The number of sulfone groups is 1. The van der Waals surface area contributed by atoms with E-state index in [1.807, 2.05) is 26.0 Å². The van der Waals surface area contributed by atoms with Gasteiger partial charge < -0.3 is 5.32 Å². The molecule has 150 valence electrons. The van der Waals surface area contributed by atoms with Gasteiger partial charge in [0, 0.05) is 11.8 Å². The maximum atomic E-state index is 12.8. The van der Waals surface area contributed by atoms with Crippen LogP contribution in [0.15, 0.2) is 69.3 Å². The fourth-order valence-corrected chi connectivity index (χ4v) is 4.16. The van der Waals surface area contributed by atoms with Crippen LogP contribution >= 0.6 is 0 Å². The number of amides is 1. The smallest absolute Gasteiger partial charge is 0.267 e. The molecule has 1 amide bonds. The van der Waals surface area contributed by atoms with Gasteiger partial charge in [-0.3, -0.25) is 9.59 Å². The van der Waals surface area contributed by atoms with Crippen molar-refractivity contribution in [1.29, 1.82) is 0 Å². The molecule has 0 saturated carbocycles. The van der Waals surface area contributed by atoms with Crippen LogP contribution in [-0.2, 0) is 21.2 Å². The van der Waals surface area contributed by atoms with Crippen molar-refractivity contribution in [2.75, 3.05) is 5.32 Å². The van der Waals surface area contributed by atoms with Gasteiger partial charge in [-0.2, -0.15) is 5.10 Å². The third-order valence-electron chi connectivity index (χ3n) is 4.37. The number of hydrogen-bond donors (Lipinski definition) is 1. The van der Waals surface area contributed by atoms with E-state index in [9.17, 15) is 18.0 Å². The second kappa shape index (κ2) is 8.00. The molecule has 1 heterocycles. The Bertz CT molecular complexity index is 1250. The van der Waals surface area contributed by atoms with Crippen LogP contribution in [-0.4, -0.2) is 24.1 Å². The minimum atomic E-state index is -3.91. The zero-order valence-electron chi connectivity index (χ0n) is 16.3. The molecular formula is C21H21N3O4S. The quantitative estimate of drug-likeness (QED) is 0.696. The van der Waals surface area contributed by atoms with Gasteiger partial charge in [-0.05, 0) is 56.2 Å². The monoisotopic (exact) mass is 411 g/mol. The van der Waals surface area contributed by atoms with Crippen molar-refractivity contribution in [1.82, 2.24) is 9.78 Å². The first-order valence-corrected chi connectivity index (χ1v) is 10.4. The van der Waals surface area contributed by atoms with Crippen molar-refractivity contribution in [3.63, 3.8) is 0 Å². The fraction of sp³-hybridized carbons (Fsp3) is 0.190. The molecule has 0 atom stereocenters. The van der Waals surface area contributed by atoms with Crippen molar-refractivity contribution in [3.05, 3.63) is 81.6 Å². The summed E-state index contributed by atoms with van der Waals surface area (Å²) in [5.74, 6) is -0.475. The molecule has 2 aromatic carbocycles. The number of benzene rings is 2. The maximum Gasteiger partial charge on any atom is 0.267 e. The summed E-state index contributed by atoms with van der Waals surface area (Å²) in [7, 11) is -3.91.